The number of halogens is 2. The van der Waals surface area contributed by atoms with Crippen LogP contribution in [0.25, 0.3) is 0 Å². The number of anilines is 1. The van der Waals surface area contributed by atoms with Gasteiger partial charge in [0.1, 0.15) is 11.5 Å². The van der Waals surface area contributed by atoms with Gasteiger partial charge in [-0.2, -0.15) is 0 Å². The number of nitro benzene ring substituents is 1. The Balaban J connectivity index is 2.10. The molecule has 1 heterocycles. The van der Waals surface area contributed by atoms with Crippen molar-refractivity contribution in [2.45, 2.75) is 6.54 Å². The Morgan fingerprint density at radius 2 is 2.32 bits per heavy atom. The van der Waals surface area contributed by atoms with Crippen LogP contribution in [0, 0.1) is 15.9 Å². The minimum atomic E-state index is -0.552. The highest BCUT2D eigenvalue weighted by molar-refractivity contribution is 9.10. The second kappa shape index (κ2) is 5.79. The minimum Gasteiger partial charge on any atom is -0.378 e. The summed E-state index contributed by atoms with van der Waals surface area (Å²) in [6.07, 6.45) is 5.05. The maximum atomic E-state index is 13.4. The Morgan fingerprint density at radius 1 is 1.53 bits per heavy atom. The summed E-state index contributed by atoms with van der Waals surface area (Å²) in [4.78, 5) is 14.2. The minimum absolute atomic E-state index is 0.0689. The molecule has 0 bridgehead atoms. The van der Waals surface area contributed by atoms with Crippen LogP contribution < -0.4 is 5.32 Å². The van der Waals surface area contributed by atoms with Crippen LogP contribution in [0.2, 0.25) is 0 Å². The number of nitrogens with zero attached hydrogens (tertiary/aromatic N) is 3. The summed E-state index contributed by atoms with van der Waals surface area (Å²) in [5.41, 5.74) is -0.00952. The number of hydrogen-bond acceptors (Lipinski definition) is 4. The van der Waals surface area contributed by atoms with Crippen molar-refractivity contribution in [1.29, 1.82) is 0 Å². The molecule has 1 aromatic carbocycles. The topological polar surface area (TPSA) is 73.0 Å². The third kappa shape index (κ3) is 3.28. The standard InChI is InChI=1S/C11H10BrFN4O2/c12-8-5-11(17(18)19)10(6-9(8)13)15-2-4-16-3-1-14-7-16/h1,3,5-7,15H,2,4H2. The third-order valence-corrected chi connectivity index (χ3v) is 3.09. The number of benzene rings is 1. The number of aromatic nitrogens is 2. The second-order valence-electron chi connectivity index (χ2n) is 3.77. The molecule has 8 heteroatoms. The highest BCUT2D eigenvalue weighted by Crippen LogP contribution is 2.30. The van der Waals surface area contributed by atoms with Crippen LogP contribution in [0.15, 0.2) is 35.3 Å². The summed E-state index contributed by atoms with van der Waals surface area (Å²) in [6, 6.07) is 2.25. The summed E-state index contributed by atoms with van der Waals surface area (Å²) in [7, 11) is 0. The smallest absolute Gasteiger partial charge is 0.293 e. The molecule has 2 rings (SSSR count). The first kappa shape index (κ1) is 13.5. The molecule has 1 N–H and O–H groups in total. The van der Waals surface area contributed by atoms with Gasteiger partial charge in [0.15, 0.2) is 0 Å². The highest BCUT2D eigenvalue weighted by atomic mass is 79.9. The molecular weight excluding hydrogens is 319 g/mol. The Kier molecular flexibility index (Phi) is 4.10. The molecule has 0 radical (unpaired) electrons. The number of imidazole rings is 1. The van der Waals surface area contributed by atoms with Gasteiger partial charge in [0.05, 0.1) is 15.7 Å². The van der Waals surface area contributed by atoms with Gasteiger partial charge in [0.25, 0.3) is 5.69 Å². The molecule has 0 fully saturated rings. The Labute approximate surface area is 116 Å². The van der Waals surface area contributed by atoms with Gasteiger partial charge in [0.2, 0.25) is 0 Å². The van der Waals surface area contributed by atoms with E-state index in [0.29, 0.717) is 13.1 Å². The molecule has 0 aliphatic carbocycles. The van der Waals surface area contributed by atoms with E-state index in [9.17, 15) is 14.5 Å². The van der Waals surface area contributed by atoms with Crippen LogP contribution in [0.1, 0.15) is 0 Å². The van der Waals surface area contributed by atoms with Gasteiger partial charge < -0.3 is 9.88 Å². The first-order valence-corrected chi connectivity index (χ1v) is 6.20. The van der Waals surface area contributed by atoms with Crippen LogP contribution in [0.4, 0.5) is 15.8 Å². The lowest BCUT2D eigenvalue weighted by atomic mass is 10.2. The summed E-state index contributed by atoms with van der Waals surface area (Å²) >= 11 is 2.93. The average molecular weight is 329 g/mol. The number of rotatable bonds is 5. The van der Waals surface area contributed by atoms with E-state index in [4.69, 9.17) is 0 Å². The van der Waals surface area contributed by atoms with Crippen molar-refractivity contribution in [2.75, 3.05) is 11.9 Å². The van der Waals surface area contributed by atoms with Crippen molar-refractivity contribution in [3.05, 3.63) is 51.3 Å². The third-order valence-electron chi connectivity index (χ3n) is 2.48. The van der Waals surface area contributed by atoms with Crippen molar-refractivity contribution in [2.24, 2.45) is 0 Å². The van der Waals surface area contributed by atoms with Crippen LogP contribution in [-0.2, 0) is 6.54 Å². The fraction of sp³-hybridized carbons (Fsp3) is 0.182. The maximum Gasteiger partial charge on any atom is 0.293 e. The van der Waals surface area contributed by atoms with Gasteiger partial charge in [-0.25, -0.2) is 9.37 Å². The molecule has 0 atom stereocenters. The van der Waals surface area contributed by atoms with E-state index in [1.807, 2.05) is 4.57 Å². The fourth-order valence-corrected chi connectivity index (χ4v) is 1.90. The van der Waals surface area contributed by atoms with Crippen molar-refractivity contribution in [1.82, 2.24) is 9.55 Å². The summed E-state index contributed by atoms with van der Waals surface area (Å²) in [5.74, 6) is -0.546. The molecule has 0 aliphatic rings. The van der Waals surface area contributed by atoms with Crippen molar-refractivity contribution in [3.63, 3.8) is 0 Å². The Morgan fingerprint density at radius 3 is 2.95 bits per heavy atom. The molecule has 0 spiro atoms. The zero-order valence-corrected chi connectivity index (χ0v) is 11.3. The number of nitrogens with one attached hydrogen (secondary N) is 1. The van der Waals surface area contributed by atoms with E-state index in [1.54, 1.807) is 18.7 Å². The number of nitro groups is 1. The van der Waals surface area contributed by atoms with Gasteiger partial charge in [-0.3, -0.25) is 10.1 Å². The predicted molar refractivity (Wildman–Crippen MR) is 71.5 cm³/mol. The molecule has 2 aromatic rings. The van der Waals surface area contributed by atoms with E-state index < -0.39 is 10.7 Å². The average Bonchev–Trinajstić information content (AvgIpc) is 2.86. The lowest BCUT2D eigenvalue weighted by Gasteiger charge is -2.08. The normalized spacial score (nSPS) is 10.4. The van der Waals surface area contributed by atoms with Crippen LogP contribution in [-0.4, -0.2) is 21.0 Å². The monoisotopic (exact) mass is 328 g/mol. The molecule has 0 unspecified atom stereocenters. The van der Waals surface area contributed by atoms with E-state index in [1.165, 1.54) is 0 Å². The van der Waals surface area contributed by atoms with Crippen LogP contribution >= 0.6 is 15.9 Å². The van der Waals surface area contributed by atoms with Gasteiger partial charge in [-0.05, 0) is 15.9 Å². The Bertz CT molecular complexity index is 589. The molecule has 0 saturated heterocycles. The largest absolute Gasteiger partial charge is 0.378 e. The molecular formula is C11H10BrFN4O2. The van der Waals surface area contributed by atoms with E-state index in [0.717, 1.165) is 12.1 Å². The first-order chi connectivity index (χ1) is 9.08. The zero-order chi connectivity index (χ0) is 13.8. The summed E-state index contributed by atoms with van der Waals surface area (Å²) < 4.78 is 15.3. The van der Waals surface area contributed by atoms with Crippen LogP contribution in [0.5, 0.6) is 0 Å². The first-order valence-electron chi connectivity index (χ1n) is 5.41. The van der Waals surface area contributed by atoms with Gasteiger partial charge in [0, 0.05) is 37.6 Å². The van der Waals surface area contributed by atoms with Crippen molar-refractivity contribution >= 4 is 27.3 Å². The Hall–Kier alpha value is -1.96. The molecule has 100 valence electrons. The van der Waals surface area contributed by atoms with E-state index in [2.05, 4.69) is 26.2 Å². The van der Waals surface area contributed by atoms with Crippen molar-refractivity contribution in [3.8, 4) is 0 Å². The molecule has 0 amide bonds. The molecule has 19 heavy (non-hydrogen) atoms. The lowest BCUT2D eigenvalue weighted by Crippen LogP contribution is -2.10. The van der Waals surface area contributed by atoms with Gasteiger partial charge in [-0.1, -0.05) is 0 Å². The van der Waals surface area contributed by atoms with E-state index in [-0.39, 0.29) is 15.8 Å². The predicted octanol–water partition coefficient (Wildman–Crippen LogP) is 2.80. The lowest BCUT2D eigenvalue weighted by molar-refractivity contribution is -0.384. The van der Waals surface area contributed by atoms with Gasteiger partial charge >= 0.3 is 0 Å². The highest BCUT2D eigenvalue weighted by Gasteiger charge is 2.17. The molecule has 0 aliphatic heterocycles. The fourth-order valence-electron chi connectivity index (χ4n) is 1.57. The molecule has 6 nitrogen and oxygen atoms in total. The molecule has 1 aromatic heterocycles. The second-order valence-corrected chi connectivity index (χ2v) is 4.62. The van der Waals surface area contributed by atoms with Crippen LogP contribution in [0.3, 0.4) is 0 Å². The summed E-state index contributed by atoms with van der Waals surface area (Å²) in [5, 5.41) is 13.7. The maximum absolute atomic E-state index is 13.4. The molecule has 0 saturated carbocycles. The van der Waals surface area contributed by atoms with E-state index >= 15 is 0 Å². The zero-order valence-electron chi connectivity index (χ0n) is 9.72. The SMILES string of the molecule is O=[N+]([O-])c1cc(Br)c(F)cc1NCCn1ccnc1. The van der Waals surface area contributed by atoms with Gasteiger partial charge in [-0.15, -0.1) is 0 Å². The van der Waals surface area contributed by atoms with Crippen molar-refractivity contribution < 1.29 is 9.31 Å². The number of hydrogen-bond donors (Lipinski definition) is 1. The summed E-state index contributed by atoms with van der Waals surface area (Å²) in [6.45, 7) is 1.01. The quantitative estimate of drug-likeness (QED) is 0.676.